The molecule has 4 rings (SSSR count). The highest BCUT2D eigenvalue weighted by atomic mass is 35.5. The topological polar surface area (TPSA) is 67.4 Å². The van der Waals surface area contributed by atoms with Gasteiger partial charge in [-0.3, -0.25) is 4.79 Å². The molecule has 150 valence electrons. The molecule has 0 saturated carbocycles. The van der Waals surface area contributed by atoms with Gasteiger partial charge in [-0.1, -0.05) is 54.1 Å². The SMILES string of the molecule is CC1=C(C(=O)c2ccccc2)C(c2cccc(Oc3ccc(Cl)cc3)c2)NC(=O)N1. The molecule has 0 saturated heterocycles. The highest BCUT2D eigenvalue weighted by molar-refractivity contribution is 6.30. The largest absolute Gasteiger partial charge is 0.457 e. The maximum absolute atomic E-state index is 13.2. The van der Waals surface area contributed by atoms with Crippen LogP contribution in [0.1, 0.15) is 28.9 Å². The fourth-order valence-corrected chi connectivity index (χ4v) is 3.51. The molecule has 0 spiro atoms. The van der Waals surface area contributed by atoms with Gasteiger partial charge in [-0.15, -0.1) is 0 Å². The Kier molecular flexibility index (Phi) is 5.55. The molecular formula is C24H19ClN2O3. The van der Waals surface area contributed by atoms with Gasteiger partial charge in [0.25, 0.3) is 0 Å². The molecule has 1 atom stereocenters. The van der Waals surface area contributed by atoms with E-state index in [1.54, 1.807) is 43.3 Å². The van der Waals surface area contributed by atoms with Gasteiger partial charge >= 0.3 is 6.03 Å². The molecule has 2 amide bonds. The number of nitrogens with one attached hydrogen (secondary N) is 2. The Bertz CT molecular complexity index is 1120. The van der Waals surface area contributed by atoms with Gasteiger partial charge in [-0.2, -0.15) is 0 Å². The average Bonchev–Trinajstić information content (AvgIpc) is 2.75. The minimum absolute atomic E-state index is 0.144. The number of carbonyl (C=O) groups excluding carboxylic acids is 2. The second-order valence-electron chi connectivity index (χ2n) is 6.89. The lowest BCUT2D eigenvalue weighted by atomic mass is 9.89. The average molecular weight is 419 g/mol. The van der Waals surface area contributed by atoms with Crippen molar-refractivity contribution in [3.05, 3.63) is 106 Å². The van der Waals surface area contributed by atoms with Gasteiger partial charge in [0.2, 0.25) is 0 Å². The quantitative estimate of drug-likeness (QED) is 0.526. The summed E-state index contributed by atoms with van der Waals surface area (Å²) in [6.45, 7) is 1.73. The molecule has 1 aliphatic rings. The standard InChI is InChI=1S/C24H19ClN2O3/c1-15-21(23(28)16-6-3-2-4-7-16)22(27-24(29)26-15)17-8-5-9-20(14-17)30-19-12-10-18(25)11-13-19/h2-14,22H,1H3,(H2,26,27,29). The molecule has 0 bridgehead atoms. The van der Waals surface area contributed by atoms with Crippen LogP contribution >= 0.6 is 11.6 Å². The van der Waals surface area contributed by atoms with Crippen molar-refractivity contribution in [1.29, 1.82) is 0 Å². The zero-order valence-electron chi connectivity index (χ0n) is 16.2. The lowest BCUT2D eigenvalue weighted by molar-refractivity contribution is 0.102. The summed E-state index contributed by atoms with van der Waals surface area (Å²) in [5.74, 6) is 1.08. The highest BCUT2D eigenvalue weighted by Gasteiger charge is 2.31. The summed E-state index contributed by atoms with van der Waals surface area (Å²) in [7, 11) is 0. The molecular weight excluding hydrogens is 400 g/mol. The fourth-order valence-electron chi connectivity index (χ4n) is 3.39. The predicted octanol–water partition coefficient (Wildman–Crippen LogP) is 5.64. The smallest absolute Gasteiger partial charge is 0.319 e. The van der Waals surface area contributed by atoms with Gasteiger partial charge in [0.1, 0.15) is 11.5 Å². The molecule has 1 aliphatic heterocycles. The van der Waals surface area contributed by atoms with E-state index in [1.165, 1.54) is 0 Å². The number of ketones is 1. The molecule has 1 heterocycles. The first-order valence-corrected chi connectivity index (χ1v) is 9.80. The van der Waals surface area contributed by atoms with Crippen molar-refractivity contribution in [2.24, 2.45) is 0 Å². The number of hydrogen-bond acceptors (Lipinski definition) is 3. The third-order valence-corrected chi connectivity index (χ3v) is 5.04. The molecule has 0 aliphatic carbocycles. The number of rotatable bonds is 5. The van der Waals surface area contributed by atoms with Crippen molar-refractivity contribution in [3.63, 3.8) is 0 Å². The third kappa shape index (κ3) is 4.21. The van der Waals surface area contributed by atoms with E-state index in [9.17, 15) is 9.59 Å². The van der Waals surface area contributed by atoms with Crippen LogP contribution in [-0.2, 0) is 0 Å². The summed E-state index contributed by atoms with van der Waals surface area (Å²) >= 11 is 5.93. The second kappa shape index (κ2) is 8.43. The van der Waals surface area contributed by atoms with Crippen LogP contribution in [-0.4, -0.2) is 11.8 Å². The highest BCUT2D eigenvalue weighted by Crippen LogP contribution is 2.32. The predicted molar refractivity (Wildman–Crippen MR) is 116 cm³/mol. The van der Waals surface area contributed by atoms with Crippen molar-refractivity contribution in [2.45, 2.75) is 13.0 Å². The maximum atomic E-state index is 13.2. The summed E-state index contributed by atoms with van der Waals surface area (Å²) in [4.78, 5) is 25.4. The van der Waals surface area contributed by atoms with Crippen molar-refractivity contribution in [1.82, 2.24) is 10.6 Å². The van der Waals surface area contributed by atoms with Crippen molar-refractivity contribution in [2.75, 3.05) is 0 Å². The monoisotopic (exact) mass is 418 g/mol. The van der Waals surface area contributed by atoms with Crippen molar-refractivity contribution >= 4 is 23.4 Å². The number of amides is 2. The summed E-state index contributed by atoms with van der Waals surface area (Å²) in [5, 5.41) is 6.19. The van der Waals surface area contributed by atoms with Gasteiger partial charge in [0.15, 0.2) is 5.78 Å². The summed E-state index contributed by atoms with van der Waals surface area (Å²) in [6.07, 6.45) is 0. The zero-order valence-corrected chi connectivity index (χ0v) is 16.9. The van der Waals surface area contributed by atoms with E-state index in [-0.39, 0.29) is 11.8 Å². The van der Waals surface area contributed by atoms with E-state index < -0.39 is 6.04 Å². The minimum atomic E-state index is -0.597. The molecule has 6 heteroatoms. The maximum Gasteiger partial charge on any atom is 0.319 e. The molecule has 0 fully saturated rings. The normalized spacial score (nSPS) is 15.9. The number of Topliss-reactive ketones (excluding diaryl/α,β-unsaturated/α-hetero) is 1. The van der Waals surface area contributed by atoms with Crippen LogP contribution < -0.4 is 15.4 Å². The van der Waals surface area contributed by atoms with E-state index in [2.05, 4.69) is 10.6 Å². The molecule has 30 heavy (non-hydrogen) atoms. The van der Waals surface area contributed by atoms with Gasteiger partial charge in [-0.25, -0.2) is 4.79 Å². The number of urea groups is 1. The molecule has 2 N–H and O–H groups in total. The van der Waals surface area contributed by atoms with Crippen LogP contribution in [0.5, 0.6) is 11.5 Å². The van der Waals surface area contributed by atoms with Crippen LogP contribution in [0.4, 0.5) is 4.79 Å². The number of allylic oxidation sites excluding steroid dienone is 1. The van der Waals surface area contributed by atoms with E-state index >= 15 is 0 Å². The van der Waals surface area contributed by atoms with Crippen LogP contribution in [0.3, 0.4) is 0 Å². The number of ether oxygens (including phenoxy) is 1. The van der Waals surface area contributed by atoms with E-state index in [0.717, 1.165) is 5.56 Å². The first-order valence-electron chi connectivity index (χ1n) is 9.42. The third-order valence-electron chi connectivity index (χ3n) is 4.79. The van der Waals surface area contributed by atoms with Crippen LogP contribution in [0, 0.1) is 0 Å². The van der Waals surface area contributed by atoms with E-state index in [4.69, 9.17) is 16.3 Å². The Morgan fingerprint density at radius 3 is 2.40 bits per heavy atom. The van der Waals surface area contributed by atoms with Crippen LogP contribution in [0.25, 0.3) is 0 Å². The van der Waals surface area contributed by atoms with Gasteiger partial charge < -0.3 is 15.4 Å². The van der Waals surface area contributed by atoms with Crippen LogP contribution in [0.2, 0.25) is 5.02 Å². The van der Waals surface area contributed by atoms with Gasteiger partial charge in [-0.05, 0) is 48.9 Å². The molecule has 0 aromatic heterocycles. The Balaban J connectivity index is 1.68. The Hall–Kier alpha value is -3.57. The fraction of sp³-hybridized carbons (Fsp3) is 0.0833. The number of carbonyl (C=O) groups is 2. The number of halogens is 1. The molecule has 3 aromatic rings. The summed E-state index contributed by atoms with van der Waals surface area (Å²) in [6, 6.07) is 22.4. The van der Waals surface area contributed by atoms with Crippen molar-refractivity contribution in [3.8, 4) is 11.5 Å². The Morgan fingerprint density at radius 1 is 0.933 bits per heavy atom. The first-order chi connectivity index (χ1) is 14.5. The minimum Gasteiger partial charge on any atom is -0.457 e. The number of hydrogen-bond donors (Lipinski definition) is 2. The van der Waals surface area contributed by atoms with Gasteiger partial charge in [0.05, 0.1) is 6.04 Å². The molecule has 5 nitrogen and oxygen atoms in total. The van der Waals surface area contributed by atoms with Crippen molar-refractivity contribution < 1.29 is 14.3 Å². The summed E-state index contributed by atoms with van der Waals surface area (Å²) in [5.41, 5.74) is 2.32. The Labute approximate surface area is 179 Å². The first kappa shape index (κ1) is 19.7. The lowest BCUT2D eigenvalue weighted by Crippen LogP contribution is -2.45. The summed E-state index contributed by atoms with van der Waals surface area (Å²) < 4.78 is 5.91. The Morgan fingerprint density at radius 2 is 1.67 bits per heavy atom. The molecule has 3 aromatic carbocycles. The second-order valence-corrected chi connectivity index (χ2v) is 7.33. The van der Waals surface area contributed by atoms with E-state index in [1.807, 2.05) is 42.5 Å². The number of benzene rings is 3. The molecule has 1 unspecified atom stereocenters. The van der Waals surface area contributed by atoms with E-state index in [0.29, 0.717) is 33.4 Å². The van der Waals surface area contributed by atoms with Crippen LogP contribution in [0.15, 0.2) is 90.1 Å². The lowest BCUT2D eigenvalue weighted by Gasteiger charge is -2.29. The van der Waals surface area contributed by atoms with Gasteiger partial charge in [0, 0.05) is 21.9 Å². The molecule has 0 radical (unpaired) electrons. The zero-order chi connectivity index (χ0) is 21.1.